The van der Waals surface area contributed by atoms with Crippen LogP contribution in [0.4, 0.5) is 5.69 Å². The third-order valence-corrected chi connectivity index (χ3v) is 4.76. The van der Waals surface area contributed by atoms with Gasteiger partial charge in [0, 0.05) is 38.3 Å². The van der Waals surface area contributed by atoms with Crippen molar-refractivity contribution in [1.29, 1.82) is 0 Å². The highest BCUT2D eigenvalue weighted by molar-refractivity contribution is 5.45. The largest absolute Gasteiger partial charge is 0.368 e. The fourth-order valence-corrected chi connectivity index (χ4v) is 3.47. The number of hydrogen-bond acceptors (Lipinski definition) is 4. The number of piperazine rings is 1. The summed E-state index contributed by atoms with van der Waals surface area (Å²) in [4.78, 5) is 9.61. The molecule has 2 N–H and O–H groups in total. The van der Waals surface area contributed by atoms with Gasteiger partial charge in [0.1, 0.15) is 0 Å². The number of nitrogens with zero attached hydrogens (tertiary/aromatic N) is 3. The summed E-state index contributed by atoms with van der Waals surface area (Å²) in [6.07, 6.45) is 7.64. The van der Waals surface area contributed by atoms with Gasteiger partial charge in [0.2, 0.25) is 0 Å². The van der Waals surface area contributed by atoms with Crippen LogP contribution in [0.2, 0.25) is 0 Å². The second kappa shape index (κ2) is 6.10. The van der Waals surface area contributed by atoms with Gasteiger partial charge in [-0.1, -0.05) is 12.8 Å². The molecule has 0 amide bonds. The molecule has 1 aromatic rings. The summed E-state index contributed by atoms with van der Waals surface area (Å²) in [6.45, 7) is 6.60. The Morgan fingerprint density at radius 1 is 1.15 bits per heavy atom. The molecule has 2 fully saturated rings. The Morgan fingerprint density at radius 2 is 1.85 bits per heavy atom. The lowest BCUT2D eigenvalue weighted by atomic mass is 10.1. The predicted molar refractivity (Wildman–Crippen MR) is 82.9 cm³/mol. The Kier molecular flexibility index (Phi) is 4.22. The highest BCUT2D eigenvalue weighted by Crippen LogP contribution is 2.25. The zero-order valence-electron chi connectivity index (χ0n) is 12.5. The van der Waals surface area contributed by atoms with Crippen molar-refractivity contribution in [2.24, 2.45) is 5.73 Å². The fourth-order valence-electron chi connectivity index (χ4n) is 3.47. The van der Waals surface area contributed by atoms with Gasteiger partial charge in [-0.15, -0.1) is 0 Å². The molecule has 1 unspecified atom stereocenters. The summed E-state index contributed by atoms with van der Waals surface area (Å²) in [5.41, 5.74) is 8.05. The van der Waals surface area contributed by atoms with E-state index in [-0.39, 0.29) is 6.04 Å². The Hall–Kier alpha value is -1.13. The van der Waals surface area contributed by atoms with E-state index in [9.17, 15) is 0 Å². The summed E-state index contributed by atoms with van der Waals surface area (Å²) < 4.78 is 0. The van der Waals surface area contributed by atoms with E-state index in [1.54, 1.807) is 0 Å². The van der Waals surface area contributed by atoms with Crippen molar-refractivity contribution < 1.29 is 0 Å². The van der Waals surface area contributed by atoms with E-state index >= 15 is 0 Å². The molecule has 0 spiro atoms. The van der Waals surface area contributed by atoms with Gasteiger partial charge in [-0.3, -0.25) is 9.88 Å². The number of anilines is 1. The highest BCUT2D eigenvalue weighted by atomic mass is 15.3. The molecular weight excluding hydrogens is 248 g/mol. The maximum absolute atomic E-state index is 5.85. The summed E-state index contributed by atoms with van der Waals surface area (Å²) in [5.74, 6) is 0. The number of nitrogens with two attached hydrogens (primary N) is 1. The molecule has 3 rings (SSSR count). The summed E-state index contributed by atoms with van der Waals surface area (Å²) in [6, 6.07) is 5.10. The van der Waals surface area contributed by atoms with Crippen LogP contribution in [0, 0.1) is 0 Å². The van der Waals surface area contributed by atoms with Gasteiger partial charge < -0.3 is 10.6 Å². The van der Waals surface area contributed by atoms with E-state index in [0.29, 0.717) is 0 Å². The molecule has 1 atom stereocenters. The molecule has 4 heteroatoms. The van der Waals surface area contributed by atoms with Gasteiger partial charge >= 0.3 is 0 Å². The molecule has 1 saturated carbocycles. The van der Waals surface area contributed by atoms with Crippen molar-refractivity contribution in [3.63, 3.8) is 0 Å². The predicted octanol–water partition coefficient (Wildman–Crippen LogP) is 2.17. The van der Waals surface area contributed by atoms with Crippen LogP contribution >= 0.6 is 0 Å². The van der Waals surface area contributed by atoms with E-state index < -0.39 is 0 Å². The van der Waals surface area contributed by atoms with Gasteiger partial charge in [-0.05, 0) is 31.9 Å². The molecule has 110 valence electrons. The average Bonchev–Trinajstić information content (AvgIpc) is 3.02. The Balaban J connectivity index is 1.57. The van der Waals surface area contributed by atoms with Crippen LogP contribution < -0.4 is 10.6 Å². The van der Waals surface area contributed by atoms with Gasteiger partial charge in [0.05, 0.1) is 17.6 Å². The third-order valence-electron chi connectivity index (χ3n) is 4.76. The lowest BCUT2D eigenvalue weighted by Gasteiger charge is -2.39. The fraction of sp³-hybridized carbons (Fsp3) is 0.688. The standard InChI is InChI=1S/C16H26N4/c1-13(17)16-7-6-15(12-18-16)20-10-8-19(9-11-20)14-4-2-3-5-14/h6-7,12-14H,2-5,8-11,17H2,1H3. The molecule has 0 aromatic carbocycles. The van der Waals surface area contributed by atoms with Gasteiger partial charge in [-0.25, -0.2) is 0 Å². The molecule has 0 bridgehead atoms. The molecule has 1 saturated heterocycles. The van der Waals surface area contributed by atoms with Crippen LogP contribution in [0.5, 0.6) is 0 Å². The van der Waals surface area contributed by atoms with Crippen molar-refractivity contribution in [2.45, 2.75) is 44.7 Å². The highest BCUT2D eigenvalue weighted by Gasteiger charge is 2.26. The molecule has 1 aliphatic carbocycles. The zero-order chi connectivity index (χ0) is 13.9. The van der Waals surface area contributed by atoms with Crippen molar-refractivity contribution in [3.8, 4) is 0 Å². The normalized spacial score (nSPS) is 23.2. The molecule has 0 radical (unpaired) electrons. The monoisotopic (exact) mass is 274 g/mol. The minimum atomic E-state index is 0.0169. The van der Waals surface area contributed by atoms with E-state index in [2.05, 4.69) is 26.9 Å². The van der Waals surface area contributed by atoms with Crippen LogP contribution in [0.3, 0.4) is 0 Å². The van der Waals surface area contributed by atoms with E-state index in [0.717, 1.165) is 24.8 Å². The van der Waals surface area contributed by atoms with Crippen molar-refractivity contribution >= 4 is 5.69 Å². The maximum atomic E-state index is 5.85. The van der Waals surface area contributed by atoms with Crippen LogP contribution in [-0.2, 0) is 0 Å². The second-order valence-electron chi connectivity index (χ2n) is 6.19. The van der Waals surface area contributed by atoms with Gasteiger partial charge in [0.25, 0.3) is 0 Å². The van der Waals surface area contributed by atoms with Crippen molar-refractivity contribution in [3.05, 3.63) is 24.0 Å². The first-order valence-electron chi connectivity index (χ1n) is 7.94. The van der Waals surface area contributed by atoms with Crippen LogP contribution in [0.25, 0.3) is 0 Å². The van der Waals surface area contributed by atoms with Crippen LogP contribution in [0.1, 0.15) is 44.3 Å². The van der Waals surface area contributed by atoms with Crippen molar-refractivity contribution in [1.82, 2.24) is 9.88 Å². The lowest BCUT2D eigenvalue weighted by Crippen LogP contribution is -2.49. The van der Waals surface area contributed by atoms with Gasteiger partial charge in [-0.2, -0.15) is 0 Å². The number of pyridine rings is 1. The summed E-state index contributed by atoms with van der Waals surface area (Å²) in [5, 5.41) is 0. The quantitative estimate of drug-likeness (QED) is 0.917. The lowest BCUT2D eigenvalue weighted by molar-refractivity contribution is 0.187. The first-order chi connectivity index (χ1) is 9.74. The summed E-state index contributed by atoms with van der Waals surface area (Å²) >= 11 is 0. The Morgan fingerprint density at radius 3 is 2.40 bits per heavy atom. The third kappa shape index (κ3) is 2.96. The number of aromatic nitrogens is 1. The van der Waals surface area contributed by atoms with Crippen LogP contribution in [0.15, 0.2) is 18.3 Å². The minimum Gasteiger partial charge on any atom is -0.368 e. The molecule has 1 aliphatic heterocycles. The van der Waals surface area contributed by atoms with Crippen LogP contribution in [-0.4, -0.2) is 42.1 Å². The Bertz CT molecular complexity index is 415. The number of rotatable bonds is 3. The average molecular weight is 274 g/mol. The van der Waals surface area contributed by atoms with E-state index in [4.69, 9.17) is 5.73 Å². The van der Waals surface area contributed by atoms with E-state index in [1.165, 1.54) is 44.5 Å². The molecular formula is C16H26N4. The zero-order valence-corrected chi connectivity index (χ0v) is 12.5. The molecule has 2 aliphatic rings. The number of hydrogen-bond donors (Lipinski definition) is 1. The molecule has 1 aromatic heterocycles. The second-order valence-corrected chi connectivity index (χ2v) is 6.19. The smallest absolute Gasteiger partial charge is 0.0569 e. The minimum absolute atomic E-state index is 0.0169. The Labute approximate surface area is 122 Å². The maximum Gasteiger partial charge on any atom is 0.0569 e. The molecule has 4 nitrogen and oxygen atoms in total. The molecule has 20 heavy (non-hydrogen) atoms. The van der Waals surface area contributed by atoms with E-state index in [1.807, 2.05) is 13.1 Å². The summed E-state index contributed by atoms with van der Waals surface area (Å²) in [7, 11) is 0. The first kappa shape index (κ1) is 13.8. The van der Waals surface area contributed by atoms with Crippen molar-refractivity contribution in [2.75, 3.05) is 31.1 Å². The molecule has 2 heterocycles. The van der Waals surface area contributed by atoms with Gasteiger partial charge in [0.15, 0.2) is 0 Å². The topological polar surface area (TPSA) is 45.4 Å². The SMILES string of the molecule is CC(N)c1ccc(N2CCN(C3CCCC3)CC2)cn1. The first-order valence-corrected chi connectivity index (χ1v) is 7.94.